The molecule has 19 heavy (non-hydrogen) atoms. The lowest BCUT2D eigenvalue weighted by atomic mass is 10.0. The molecule has 1 aromatic carbocycles. The summed E-state index contributed by atoms with van der Waals surface area (Å²) in [5.74, 6) is -1.26. The molecular weight excluding hydrogens is 274 g/mol. The second kappa shape index (κ2) is 6.29. The number of rotatable bonds is 5. The van der Waals surface area contributed by atoms with Crippen LogP contribution in [-0.4, -0.2) is 28.7 Å². The van der Waals surface area contributed by atoms with Gasteiger partial charge in [-0.25, -0.2) is 4.79 Å². The standard InChI is InChI=1S/C12H12ClNO5/c1-3-19-12(16)9-6-8(11(15)7(2)13)4-5-10(9)14(17)18/h4-7H,3H2,1-2H3. The monoisotopic (exact) mass is 285 g/mol. The van der Waals surface area contributed by atoms with Crippen molar-refractivity contribution in [3.63, 3.8) is 0 Å². The number of Topliss-reactive ketones (excluding diaryl/α,β-unsaturated/α-hetero) is 1. The molecule has 0 aliphatic rings. The van der Waals surface area contributed by atoms with Crippen LogP contribution in [0.3, 0.4) is 0 Å². The van der Waals surface area contributed by atoms with Gasteiger partial charge in [-0.2, -0.15) is 0 Å². The third-order valence-electron chi connectivity index (χ3n) is 2.33. The molecule has 0 fully saturated rings. The summed E-state index contributed by atoms with van der Waals surface area (Å²) < 4.78 is 4.73. The van der Waals surface area contributed by atoms with Crippen LogP contribution in [0.5, 0.6) is 0 Å². The summed E-state index contributed by atoms with van der Waals surface area (Å²) in [5, 5.41) is 10.1. The molecule has 0 aliphatic heterocycles. The Morgan fingerprint density at radius 1 is 1.47 bits per heavy atom. The number of halogens is 1. The fourth-order valence-electron chi connectivity index (χ4n) is 1.45. The third-order valence-corrected chi connectivity index (χ3v) is 2.53. The minimum absolute atomic E-state index is 0.0834. The van der Waals surface area contributed by atoms with Crippen molar-refractivity contribution in [3.8, 4) is 0 Å². The van der Waals surface area contributed by atoms with Crippen molar-refractivity contribution in [1.82, 2.24) is 0 Å². The highest BCUT2D eigenvalue weighted by Crippen LogP contribution is 2.22. The van der Waals surface area contributed by atoms with Gasteiger partial charge in [0.25, 0.3) is 5.69 Å². The Morgan fingerprint density at radius 2 is 2.11 bits per heavy atom. The van der Waals surface area contributed by atoms with Gasteiger partial charge in [0.05, 0.1) is 16.9 Å². The maximum absolute atomic E-state index is 11.7. The molecule has 0 N–H and O–H groups in total. The molecule has 1 rings (SSSR count). The maximum Gasteiger partial charge on any atom is 0.345 e. The first kappa shape index (κ1) is 15.1. The lowest BCUT2D eigenvalue weighted by molar-refractivity contribution is -0.385. The molecule has 0 bridgehead atoms. The van der Waals surface area contributed by atoms with E-state index in [4.69, 9.17) is 16.3 Å². The van der Waals surface area contributed by atoms with E-state index in [9.17, 15) is 19.7 Å². The molecule has 0 amide bonds. The van der Waals surface area contributed by atoms with E-state index in [-0.39, 0.29) is 17.7 Å². The Hall–Kier alpha value is -1.95. The summed E-state index contributed by atoms with van der Waals surface area (Å²) in [6.07, 6.45) is 0. The van der Waals surface area contributed by atoms with Gasteiger partial charge < -0.3 is 4.74 Å². The number of benzene rings is 1. The van der Waals surface area contributed by atoms with E-state index in [0.717, 1.165) is 12.1 Å². The Morgan fingerprint density at radius 3 is 2.58 bits per heavy atom. The lowest BCUT2D eigenvalue weighted by Crippen LogP contribution is -2.14. The van der Waals surface area contributed by atoms with Crippen molar-refractivity contribution in [1.29, 1.82) is 0 Å². The molecule has 102 valence electrons. The Bertz CT molecular complexity index is 527. The molecule has 6 nitrogen and oxygen atoms in total. The highest BCUT2D eigenvalue weighted by atomic mass is 35.5. The molecule has 7 heteroatoms. The largest absolute Gasteiger partial charge is 0.462 e. The molecule has 0 radical (unpaired) electrons. The molecule has 0 saturated heterocycles. The number of alkyl halides is 1. The number of nitro groups is 1. The third kappa shape index (κ3) is 3.51. The number of carbonyl (C=O) groups excluding carboxylic acids is 2. The normalized spacial score (nSPS) is 11.7. The predicted molar refractivity (Wildman–Crippen MR) is 68.7 cm³/mol. The van der Waals surface area contributed by atoms with Crippen molar-refractivity contribution in [2.24, 2.45) is 0 Å². The summed E-state index contributed by atoms with van der Waals surface area (Å²) in [7, 11) is 0. The zero-order valence-electron chi connectivity index (χ0n) is 10.4. The SMILES string of the molecule is CCOC(=O)c1cc(C(=O)C(C)Cl)ccc1[N+](=O)[O-]. The zero-order valence-corrected chi connectivity index (χ0v) is 11.1. The van der Waals surface area contributed by atoms with Crippen LogP contribution in [0.1, 0.15) is 34.6 Å². The molecular formula is C12H12ClNO5. The molecule has 0 aromatic heterocycles. The van der Waals surface area contributed by atoms with Crippen molar-refractivity contribution >= 4 is 29.0 Å². The van der Waals surface area contributed by atoms with Gasteiger partial charge in [0.1, 0.15) is 5.56 Å². The molecule has 0 aliphatic carbocycles. The second-order valence-electron chi connectivity index (χ2n) is 3.69. The van der Waals surface area contributed by atoms with E-state index in [1.807, 2.05) is 0 Å². The van der Waals surface area contributed by atoms with Crippen LogP contribution < -0.4 is 0 Å². The fourth-order valence-corrected chi connectivity index (χ4v) is 1.58. The number of nitro benzene ring substituents is 1. The number of esters is 1. The lowest BCUT2D eigenvalue weighted by Gasteiger charge is -2.06. The van der Waals surface area contributed by atoms with E-state index in [1.165, 1.54) is 13.0 Å². The minimum atomic E-state index is -0.842. The number of carbonyl (C=O) groups is 2. The van der Waals surface area contributed by atoms with Gasteiger partial charge in [-0.05, 0) is 26.0 Å². The minimum Gasteiger partial charge on any atom is -0.462 e. The average Bonchev–Trinajstić information content (AvgIpc) is 2.37. The average molecular weight is 286 g/mol. The van der Waals surface area contributed by atoms with E-state index in [2.05, 4.69) is 0 Å². The van der Waals surface area contributed by atoms with Gasteiger partial charge in [0.15, 0.2) is 5.78 Å². The van der Waals surface area contributed by atoms with Crippen LogP contribution in [-0.2, 0) is 4.74 Å². The first-order valence-corrected chi connectivity index (χ1v) is 5.96. The highest BCUT2D eigenvalue weighted by molar-refractivity contribution is 6.33. The van der Waals surface area contributed by atoms with Gasteiger partial charge in [0, 0.05) is 11.6 Å². The van der Waals surface area contributed by atoms with Crippen LogP contribution >= 0.6 is 11.6 Å². The predicted octanol–water partition coefficient (Wildman–Crippen LogP) is 2.58. The number of nitrogens with zero attached hydrogens (tertiary/aromatic N) is 1. The summed E-state index contributed by atoms with van der Waals surface area (Å²) in [5.41, 5.74) is -0.525. The Kier molecular flexibility index (Phi) is 5.00. The summed E-state index contributed by atoms with van der Waals surface area (Å²) in [6, 6.07) is 3.50. The smallest absolute Gasteiger partial charge is 0.345 e. The topological polar surface area (TPSA) is 86.5 Å². The van der Waals surface area contributed by atoms with Gasteiger partial charge in [-0.15, -0.1) is 11.6 Å². The number of ether oxygens (including phenoxy) is 1. The van der Waals surface area contributed by atoms with Crippen LogP contribution in [0.4, 0.5) is 5.69 Å². The molecule has 1 aromatic rings. The number of ketones is 1. The van der Waals surface area contributed by atoms with E-state index >= 15 is 0 Å². The van der Waals surface area contributed by atoms with E-state index in [0.29, 0.717) is 0 Å². The van der Waals surface area contributed by atoms with Gasteiger partial charge in [-0.3, -0.25) is 14.9 Å². The molecule has 0 spiro atoms. The van der Waals surface area contributed by atoms with Crippen molar-refractivity contribution in [3.05, 3.63) is 39.4 Å². The van der Waals surface area contributed by atoms with Crippen molar-refractivity contribution < 1.29 is 19.2 Å². The molecule has 0 saturated carbocycles. The maximum atomic E-state index is 11.7. The second-order valence-corrected chi connectivity index (χ2v) is 4.34. The first-order chi connectivity index (χ1) is 8.88. The van der Waals surface area contributed by atoms with Crippen molar-refractivity contribution in [2.75, 3.05) is 6.61 Å². The molecule has 1 unspecified atom stereocenters. The van der Waals surface area contributed by atoms with Gasteiger partial charge in [0.2, 0.25) is 0 Å². The van der Waals surface area contributed by atoms with Crippen LogP contribution in [0.25, 0.3) is 0 Å². The summed E-state index contributed by atoms with van der Waals surface area (Å²) >= 11 is 5.66. The molecule has 1 atom stereocenters. The fraction of sp³-hybridized carbons (Fsp3) is 0.333. The molecule has 0 heterocycles. The Labute approximate surface area is 114 Å². The van der Waals surface area contributed by atoms with E-state index in [1.54, 1.807) is 6.92 Å². The summed E-state index contributed by atoms with van der Waals surface area (Å²) in [4.78, 5) is 33.5. The Balaban J connectivity index is 3.30. The number of hydrogen-bond donors (Lipinski definition) is 0. The quantitative estimate of drug-likeness (QED) is 0.273. The van der Waals surface area contributed by atoms with Crippen LogP contribution in [0.15, 0.2) is 18.2 Å². The summed E-state index contributed by atoms with van der Waals surface area (Å²) in [6.45, 7) is 3.15. The number of hydrogen-bond acceptors (Lipinski definition) is 5. The van der Waals surface area contributed by atoms with Gasteiger partial charge >= 0.3 is 5.97 Å². The van der Waals surface area contributed by atoms with Crippen LogP contribution in [0.2, 0.25) is 0 Å². The zero-order chi connectivity index (χ0) is 14.6. The van der Waals surface area contributed by atoms with Crippen molar-refractivity contribution in [2.45, 2.75) is 19.2 Å². The highest BCUT2D eigenvalue weighted by Gasteiger charge is 2.24. The van der Waals surface area contributed by atoms with Crippen LogP contribution in [0, 0.1) is 10.1 Å². The van der Waals surface area contributed by atoms with Gasteiger partial charge in [-0.1, -0.05) is 0 Å². The van der Waals surface area contributed by atoms with E-state index < -0.39 is 27.7 Å². The first-order valence-electron chi connectivity index (χ1n) is 5.52.